The molecule has 3 heteroatoms. The van der Waals surface area contributed by atoms with Crippen molar-refractivity contribution in [3.63, 3.8) is 0 Å². The highest BCUT2D eigenvalue weighted by molar-refractivity contribution is 6.64. The molecule has 158 valence electrons. The van der Waals surface area contributed by atoms with Gasteiger partial charge in [0.2, 0.25) is 0 Å². The van der Waals surface area contributed by atoms with Gasteiger partial charge in [-0.3, -0.25) is 0 Å². The van der Waals surface area contributed by atoms with Crippen molar-refractivity contribution in [2.75, 3.05) is 0 Å². The second-order valence-electron chi connectivity index (χ2n) is 10.5. The van der Waals surface area contributed by atoms with Crippen LogP contribution in [0.15, 0.2) is 30.3 Å². The van der Waals surface area contributed by atoms with E-state index in [2.05, 4.69) is 85.7 Å². The second-order valence-corrected chi connectivity index (χ2v) is 10.5. The summed E-state index contributed by atoms with van der Waals surface area (Å²) < 4.78 is 11.6. The molecule has 29 heavy (non-hydrogen) atoms. The fourth-order valence-corrected chi connectivity index (χ4v) is 4.62. The van der Waals surface area contributed by atoms with E-state index in [-0.39, 0.29) is 23.7 Å². The Morgan fingerprint density at radius 1 is 1.00 bits per heavy atom. The van der Waals surface area contributed by atoms with E-state index in [1.807, 2.05) is 0 Å². The molecule has 1 saturated heterocycles. The first-order valence-electron chi connectivity index (χ1n) is 11.4. The van der Waals surface area contributed by atoms with Crippen LogP contribution in [0.5, 0.6) is 0 Å². The van der Waals surface area contributed by atoms with Crippen molar-refractivity contribution in [1.29, 1.82) is 0 Å². The Kier molecular flexibility index (Phi) is 6.23. The number of hydrogen-bond donors (Lipinski definition) is 0. The summed E-state index contributed by atoms with van der Waals surface area (Å²) in [6.45, 7) is 18.1. The van der Waals surface area contributed by atoms with Crippen LogP contribution in [0.1, 0.15) is 91.7 Å². The first-order chi connectivity index (χ1) is 13.5. The Hall–Kier alpha value is -1.32. The standard InChI is InChI=1S/C26H39BO2/c1-9-10-11-14-17-24(3,4)22-18-23(21-16-13-12-15-20(21)19(22)2)27-28-25(5,6)26(7,8)29-27/h12-13,15-16,18H,9-11,14,17H2,1-8H3/p+1. The molecule has 1 heterocycles. The van der Waals surface area contributed by atoms with Gasteiger partial charge in [-0.15, -0.1) is 0 Å². The monoisotopic (exact) mass is 395 g/mol. The van der Waals surface area contributed by atoms with Gasteiger partial charge in [-0.1, -0.05) is 76.8 Å². The SMILES string of the molecule is CCCCCCC(C)(C)c1cc(B2OC(C)(C)C(C)(C)[OH+]2)c2ccccc2c1C. The minimum atomic E-state index is -0.278. The van der Waals surface area contributed by atoms with Crippen LogP contribution in [0.2, 0.25) is 0 Å². The first kappa shape index (κ1) is 22.4. The van der Waals surface area contributed by atoms with E-state index in [4.69, 9.17) is 9.31 Å². The zero-order chi connectivity index (χ0) is 21.4. The molecule has 2 nitrogen and oxygen atoms in total. The molecule has 1 N–H and O–H groups in total. The van der Waals surface area contributed by atoms with E-state index in [0.29, 0.717) is 0 Å². The van der Waals surface area contributed by atoms with Crippen molar-refractivity contribution in [2.45, 2.75) is 104 Å². The largest absolute Gasteiger partial charge is 0.733 e. The van der Waals surface area contributed by atoms with Gasteiger partial charge in [-0.2, -0.15) is 0 Å². The lowest BCUT2D eigenvalue weighted by Crippen LogP contribution is -2.43. The van der Waals surface area contributed by atoms with Gasteiger partial charge in [0.15, 0.2) is 5.60 Å². The molecule has 0 atom stereocenters. The predicted octanol–water partition coefficient (Wildman–Crippen LogP) is 6.21. The summed E-state index contributed by atoms with van der Waals surface area (Å²) in [5.74, 6) is 0. The molecular weight excluding hydrogens is 355 g/mol. The Balaban J connectivity index is 2.06. The van der Waals surface area contributed by atoms with E-state index >= 15 is 0 Å². The van der Waals surface area contributed by atoms with Gasteiger partial charge in [0.25, 0.3) is 0 Å². The van der Waals surface area contributed by atoms with Crippen LogP contribution in [0.25, 0.3) is 10.8 Å². The Labute approximate surface area is 178 Å². The molecule has 0 saturated carbocycles. The summed E-state index contributed by atoms with van der Waals surface area (Å²) >= 11 is 0. The van der Waals surface area contributed by atoms with Crippen molar-refractivity contribution in [3.05, 3.63) is 41.5 Å². The summed E-state index contributed by atoms with van der Waals surface area (Å²) in [6, 6.07) is 11.2. The normalized spacial score (nSPS) is 18.6. The molecular formula is C26H40BO2+. The average molecular weight is 395 g/mol. The van der Waals surface area contributed by atoms with Gasteiger partial charge >= 0.3 is 7.12 Å². The van der Waals surface area contributed by atoms with Crippen molar-refractivity contribution in [3.8, 4) is 0 Å². The molecule has 2 aromatic carbocycles. The van der Waals surface area contributed by atoms with Crippen molar-refractivity contribution >= 4 is 23.4 Å². The van der Waals surface area contributed by atoms with Crippen molar-refractivity contribution in [1.82, 2.24) is 0 Å². The number of aliphatic hydroxyl groups is 1. The smallest absolute Gasteiger partial charge is 0.505 e. The van der Waals surface area contributed by atoms with E-state index in [1.165, 1.54) is 59.5 Å². The highest BCUT2D eigenvalue weighted by Crippen LogP contribution is 2.38. The van der Waals surface area contributed by atoms with Gasteiger partial charge in [-0.05, 0) is 54.5 Å². The number of unbranched alkanes of at least 4 members (excludes halogenated alkanes) is 3. The maximum atomic E-state index is 6.51. The average Bonchev–Trinajstić information content (AvgIpc) is 2.86. The second kappa shape index (κ2) is 8.08. The van der Waals surface area contributed by atoms with Gasteiger partial charge in [0.05, 0.1) is 5.46 Å². The molecule has 0 bridgehead atoms. The van der Waals surface area contributed by atoms with Crippen LogP contribution in [-0.2, 0) is 10.1 Å². The highest BCUT2D eigenvalue weighted by atomic mass is 16.7. The maximum absolute atomic E-state index is 6.51. The maximum Gasteiger partial charge on any atom is 0.733 e. The molecule has 1 aliphatic rings. The Morgan fingerprint density at radius 2 is 1.66 bits per heavy atom. The van der Waals surface area contributed by atoms with Crippen LogP contribution in [0.3, 0.4) is 0 Å². The van der Waals surface area contributed by atoms with E-state index in [1.54, 1.807) is 0 Å². The molecule has 0 amide bonds. The fraction of sp³-hybridized carbons (Fsp3) is 0.615. The number of benzene rings is 2. The topological polar surface area (TPSA) is 22.0 Å². The number of hydrogen-bond acceptors (Lipinski definition) is 1. The highest BCUT2D eigenvalue weighted by Gasteiger charge is 2.59. The Bertz CT molecular complexity index is 850. The zero-order valence-electron chi connectivity index (χ0n) is 19.9. The van der Waals surface area contributed by atoms with E-state index < -0.39 is 0 Å². The minimum absolute atomic E-state index is 0.139. The van der Waals surface area contributed by atoms with Crippen LogP contribution < -0.4 is 5.46 Å². The molecule has 0 spiro atoms. The van der Waals surface area contributed by atoms with Crippen molar-refractivity contribution in [2.24, 2.45) is 0 Å². The van der Waals surface area contributed by atoms with Gasteiger partial charge < -0.3 is 9.31 Å². The molecule has 0 radical (unpaired) electrons. The number of fused-ring (bicyclic) bond motifs is 1. The van der Waals surface area contributed by atoms with Crippen molar-refractivity contribution < 1.29 is 9.31 Å². The van der Waals surface area contributed by atoms with E-state index in [0.717, 1.165) is 0 Å². The molecule has 0 aromatic heterocycles. The van der Waals surface area contributed by atoms with Gasteiger partial charge in [0.1, 0.15) is 5.60 Å². The molecule has 1 fully saturated rings. The van der Waals surface area contributed by atoms with Crippen LogP contribution in [0.4, 0.5) is 0 Å². The lowest BCUT2D eigenvalue weighted by molar-refractivity contribution is -0.0705. The van der Waals surface area contributed by atoms with Crippen LogP contribution >= 0.6 is 0 Å². The Morgan fingerprint density at radius 3 is 2.24 bits per heavy atom. The molecule has 2 aromatic rings. The van der Waals surface area contributed by atoms with E-state index in [9.17, 15) is 0 Å². The number of aryl methyl sites for hydroxylation is 1. The molecule has 0 unspecified atom stereocenters. The molecule has 0 aliphatic carbocycles. The summed E-state index contributed by atoms with van der Waals surface area (Å²) in [5, 5.41) is 2.61. The lowest BCUT2D eigenvalue weighted by atomic mass is 9.69. The van der Waals surface area contributed by atoms with Gasteiger partial charge in [-0.25, -0.2) is 0 Å². The summed E-state index contributed by atoms with van der Waals surface area (Å²) in [4.78, 5) is 0. The molecule has 1 aliphatic heterocycles. The zero-order valence-corrected chi connectivity index (χ0v) is 19.9. The lowest BCUT2D eigenvalue weighted by Gasteiger charge is -2.29. The number of rotatable bonds is 7. The summed E-state index contributed by atoms with van der Waals surface area (Å²) in [7, 11) is -0.208. The predicted molar refractivity (Wildman–Crippen MR) is 127 cm³/mol. The molecule has 3 rings (SSSR count). The third-order valence-corrected chi connectivity index (χ3v) is 7.32. The summed E-state index contributed by atoms with van der Waals surface area (Å²) in [6.07, 6.45) is 6.43. The quantitative estimate of drug-likeness (QED) is 0.310. The van der Waals surface area contributed by atoms with Crippen LogP contribution in [0, 0.1) is 6.92 Å². The fourth-order valence-electron chi connectivity index (χ4n) is 4.62. The van der Waals surface area contributed by atoms with Gasteiger partial charge in [0, 0.05) is 13.8 Å². The van der Waals surface area contributed by atoms with Crippen LogP contribution in [-0.4, -0.2) is 23.0 Å². The third kappa shape index (κ3) is 4.27. The minimum Gasteiger partial charge on any atom is -0.505 e. The third-order valence-electron chi connectivity index (χ3n) is 7.32. The summed E-state index contributed by atoms with van der Waals surface area (Å²) in [5.41, 5.74) is 3.73. The first-order valence-corrected chi connectivity index (χ1v) is 11.4.